The van der Waals surface area contributed by atoms with E-state index in [1.54, 1.807) is 0 Å². The fraction of sp³-hybridized carbons (Fsp3) is 0.158. The molecule has 5 heteroatoms. The summed E-state index contributed by atoms with van der Waals surface area (Å²) in [6, 6.07) is 15.7. The molecular weight excluding hydrogens is 320 g/mol. The van der Waals surface area contributed by atoms with Crippen LogP contribution in [0.25, 0.3) is 0 Å². The average Bonchev–Trinajstić information content (AvgIpc) is 2.48. The molecule has 0 atom stereocenters. The van der Waals surface area contributed by atoms with Gasteiger partial charge >= 0.3 is 0 Å². The highest BCUT2D eigenvalue weighted by Crippen LogP contribution is 2.21. The van der Waals surface area contributed by atoms with Gasteiger partial charge in [0.1, 0.15) is 5.82 Å². The van der Waals surface area contributed by atoms with Crippen molar-refractivity contribution < 1.29 is 0 Å². The SMILES string of the molecule is Cc1cc(C)cc(Nc2cc(C)nc(Nc3ccc(Cl)cc3)n2)c1. The van der Waals surface area contributed by atoms with Crippen molar-refractivity contribution in [2.75, 3.05) is 10.6 Å². The molecule has 122 valence electrons. The van der Waals surface area contributed by atoms with Crippen LogP contribution in [0.4, 0.5) is 23.1 Å². The van der Waals surface area contributed by atoms with Crippen LogP contribution >= 0.6 is 11.6 Å². The Morgan fingerprint density at radius 1 is 0.750 bits per heavy atom. The minimum absolute atomic E-state index is 0.546. The molecule has 24 heavy (non-hydrogen) atoms. The standard InChI is InChI=1S/C19H19ClN4/c1-12-8-13(2)10-17(9-12)22-18-11-14(3)21-19(24-18)23-16-6-4-15(20)5-7-16/h4-11H,1-3H3,(H2,21,22,23,24). The highest BCUT2D eigenvalue weighted by atomic mass is 35.5. The van der Waals surface area contributed by atoms with E-state index in [4.69, 9.17) is 11.6 Å². The average molecular weight is 339 g/mol. The molecule has 1 aromatic heterocycles. The molecule has 0 spiro atoms. The van der Waals surface area contributed by atoms with Gasteiger partial charge in [0.2, 0.25) is 5.95 Å². The van der Waals surface area contributed by atoms with Crippen molar-refractivity contribution in [3.63, 3.8) is 0 Å². The maximum Gasteiger partial charge on any atom is 0.229 e. The van der Waals surface area contributed by atoms with Gasteiger partial charge in [0.15, 0.2) is 0 Å². The number of rotatable bonds is 4. The zero-order valence-corrected chi connectivity index (χ0v) is 14.6. The smallest absolute Gasteiger partial charge is 0.229 e. The monoisotopic (exact) mass is 338 g/mol. The Labute approximate surface area is 146 Å². The lowest BCUT2D eigenvalue weighted by molar-refractivity contribution is 1.11. The van der Waals surface area contributed by atoms with Crippen LogP contribution in [0.3, 0.4) is 0 Å². The van der Waals surface area contributed by atoms with Gasteiger partial charge in [0.05, 0.1) is 0 Å². The number of aryl methyl sites for hydroxylation is 3. The molecule has 0 amide bonds. The third-order valence-corrected chi connectivity index (χ3v) is 3.70. The molecule has 2 N–H and O–H groups in total. The third-order valence-electron chi connectivity index (χ3n) is 3.45. The van der Waals surface area contributed by atoms with E-state index in [0.717, 1.165) is 22.9 Å². The summed E-state index contributed by atoms with van der Waals surface area (Å²) in [4.78, 5) is 8.97. The summed E-state index contributed by atoms with van der Waals surface area (Å²) in [5.74, 6) is 1.30. The molecule has 0 radical (unpaired) electrons. The molecule has 1 heterocycles. The van der Waals surface area contributed by atoms with Crippen LogP contribution in [0.2, 0.25) is 5.02 Å². The van der Waals surface area contributed by atoms with Crippen LogP contribution in [-0.4, -0.2) is 9.97 Å². The maximum absolute atomic E-state index is 5.91. The first-order valence-electron chi connectivity index (χ1n) is 7.71. The maximum atomic E-state index is 5.91. The largest absolute Gasteiger partial charge is 0.340 e. The number of aromatic nitrogens is 2. The summed E-state index contributed by atoms with van der Waals surface area (Å²) in [5.41, 5.74) is 5.21. The molecule has 0 bridgehead atoms. The third kappa shape index (κ3) is 4.24. The lowest BCUT2D eigenvalue weighted by Gasteiger charge is -2.11. The van der Waals surface area contributed by atoms with Crippen molar-refractivity contribution in [2.24, 2.45) is 0 Å². The van der Waals surface area contributed by atoms with E-state index in [2.05, 4.69) is 52.6 Å². The minimum atomic E-state index is 0.546. The quantitative estimate of drug-likeness (QED) is 0.655. The van der Waals surface area contributed by atoms with Gasteiger partial charge in [0.25, 0.3) is 0 Å². The molecule has 0 aliphatic heterocycles. The van der Waals surface area contributed by atoms with Crippen molar-refractivity contribution in [2.45, 2.75) is 20.8 Å². The Bertz CT molecular complexity index is 839. The molecule has 0 fully saturated rings. The van der Waals surface area contributed by atoms with Gasteiger partial charge in [-0.25, -0.2) is 4.98 Å². The summed E-state index contributed by atoms with van der Waals surface area (Å²) < 4.78 is 0. The van der Waals surface area contributed by atoms with Crippen molar-refractivity contribution in [1.29, 1.82) is 0 Å². The first-order valence-corrected chi connectivity index (χ1v) is 8.09. The van der Waals surface area contributed by atoms with Crippen LogP contribution in [0.15, 0.2) is 48.5 Å². The molecule has 0 aliphatic rings. The fourth-order valence-electron chi connectivity index (χ4n) is 2.55. The van der Waals surface area contributed by atoms with Gasteiger partial charge in [-0.2, -0.15) is 4.98 Å². The molecule has 2 aromatic carbocycles. The summed E-state index contributed by atoms with van der Waals surface area (Å²) in [5, 5.41) is 7.25. The van der Waals surface area contributed by atoms with Gasteiger partial charge in [-0.05, 0) is 68.3 Å². The second-order valence-electron chi connectivity index (χ2n) is 5.85. The second-order valence-corrected chi connectivity index (χ2v) is 6.29. The molecule has 0 unspecified atom stereocenters. The Morgan fingerprint density at radius 2 is 1.42 bits per heavy atom. The first-order chi connectivity index (χ1) is 11.5. The number of nitrogens with one attached hydrogen (secondary N) is 2. The van der Waals surface area contributed by atoms with Gasteiger partial charge in [-0.15, -0.1) is 0 Å². The first kappa shape index (κ1) is 16.3. The number of hydrogen-bond donors (Lipinski definition) is 2. The van der Waals surface area contributed by atoms with Crippen LogP contribution in [0.1, 0.15) is 16.8 Å². The predicted molar refractivity (Wildman–Crippen MR) is 101 cm³/mol. The van der Waals surface area contributed by atoms with Crippen molar-refractivity contribution >= 4 is 34.7 Å². The molecule has 0 aliphatic carbocycles. The van der Waals surface area contributed by atoms with E-state index in [0.29, 0.717) is 11.0 Å². The lowest BCUT2D eigenvalue weighted by atomic mass is 10.1. The van der Waals surface area contributed by atoms with Crippen molar-refractivity contribution in [1.82, 2.24) is 9.97 Å². The minimum Gasteiger partial charge on any atom is -0.340 e. The Kier molecular flexibility index (Phi) is 4.67. The number of halogens is 1. The highest BCUT2D eigenvalue weighted by Gasteiger charge is 2.04. The van der Waals surface area contributed by atoms with Crippen LogP contribution in [-0.2, 0) is 0 Å². The second kappa shape index (κ2) is 6.89. The van der Waals surface area contributed by atoms with E-state index < -0.39 is 0 Å². The molecule has 3 aromatic rings. The summed E-state index contributed by atoms with van der Waals surface area (Å²) in [7, 11) is 0. The normalized spacial score (nSPS) is 10.5. The Morgan fingerprint density at radius 3 is 2.08 bits per heavy atom. The van der Waals surface area contributed by atoms with E-state index in [1.807, 2.05) is 37.3 Å². The molecule has 0 saturated carbocycles. The van der Waals surface area contributed by atoms with Crippen molar-refractivity contribution in [3.8, 4) is 0 Å². The molecule has 3 rings (SSSR count). The molecular formula is C19H19ClN4. The van der Waals surface area contributed by atoms with Gasteiger partial charge in [0, 0.05) is 28.2 Å². The summed E-state index contributed by atoms with van der Waals surface area (Å²) in [6.07, 6.45) is 0. The Hall–Kier alpha value is -2.59. The van der Waals surface area contributed by atoms with Gasteiger partial charge in [-0.3, -0.25) is 0 Å². The molecule has 4 nitrogen and oxygen atoms in total. The molecule has 0 saturated heterocycles. The van der Waals surface area contributed by atoms with E-state index in [9.17, 15) is 0 Å². The number of benzene rings is 2. The van der Waals surface area contributed by atoms with Gasteiger partial charge in [-0.1, -0.05) is 17.7 Å². The zero-order chi connectivity index (χ0) is 17.1. The number of anilines is 4. The van der Waals surface area contributed by atoms with E-state index in [-0.39, 0.29) is 0 Å². The fourth-order valence-corrected chi connectivity index (χ4v) is 2.67. The summed E-state index contributed by atoms with van der Waals surface area (Å²) in [6.45, 7) is 6.11. The topological polar surface area (TPSA) is 49.8 Å². The lowest BCUT2D eigenvalue weighted by Crippen LogP contribution is -2.02. The van der Waals surface area contributed by atoms with E-state index >= 15 is 0 Å². The van der Waals surface area contributed by atoms with Crippen LogP contribution in [0, 0.1) is 20.8 Å². The Balaban J connectivity index is 1.84. The predicted octanol–water partition coefficient (Wildman–Crippen LogP) is 5.54. The zero-order valence-electron chi connectivity index (χ0n) is 13.9. The number of nitrogens with zero attached hydrogens (tertiary/aromatic N) is 2. The van der Waals surface area contributed by atoms with Gasteiger partial charge < -0.3 is 10.6 Å². The van der Waals surface area contributed by atoms with Crippen molar-refractivity contribution in [3.05, 3.63) is 70.4 Å². The summed E-state index contributed by atoms with van der Waals surface area (Å²) >= 11 is 5.91. The highest BCUT2D eigenvalue weighted by molar-refractivity contribution is 6.30. The van der Waals surface area contributed by atoms with Crippen LogP contribution in [0.5, 0.6) is 0 Å². The van der Waals surface area contributed by atoms with Crippen LogP contribution < -0.4 is 10.6 Å². The van der Waals surface area contributed by atoms with E-state index in [1.165, 1.54) is 11.1 Å². The number of hydrogen-bond acceptors (Lipinski definition) is 4.